The molecule has 1 heterocycles. The number of aliphatic carboxylic acids is 1. The van der Waals surface area contributed by atoms with Crippen molar-refractivity contribution in [2.45, 2.75) is 50.7 Å². The molecule has 96 valence electrons. The Morgan fingerprint density at radius 2 is 1.94 bits per heavy atom. The molecule has 5 heteroatoms. The number of carboxylic acid groups (broad SMARTS) is 1. The molecule has 0 radical (unpaired) electrons. The number of nitrogens with one attached hydrogen (secondary N) is 1. The van der Waals surface area contributed by atoms with Crippen LogP contribution in [0.2, 0.25) is 0 Å². The summed E-state index contributed by atoms with van der Waals surface area (Å²) in [4.78, 5) is 22.9. The fourth-order valence-electron chi connectivity index (χ4n) is 2.65. The van der Waals surface area contributed by atoms with Gasteiger partial charge in [0, 0.05) is 12.6 Å². The molecule has 2 aliphatic rings. The molecule has 1 amide bonds. The van der Waals surface area contributed by atoms with Crippen molar-refractivity contribution >= 4 is 11.9 Å². The molecular weight excluding hydrogens is 222 g/mol. The Hall–Kier alpha value is -1.10. The average Bonchev–Trinajstić information content (AvgIpc) is 2.78. The number of carbonyl (C=O) groups excluding carboxylic acids is 1. The van der Waals surface area contributed by atoms with Crippen LogP contribution >= 0.6 is 0 Å². The summed E-state index contributed by atoms with van der Waals surface area (Å²) in [5, 5.41) is 11.9. The highest BCUT2D eigenvalue weighted by molar-refractivity contribution is 5.82. The molecule has 0 aromatic rings. The fourth-order valence-corrected chi connectivity index (χ4v) is 2.65. The first-order valence-electron chi connectivity index (χ1n) is 6.33. The van der Waals surface area contributed by atoms with E-state index in [4.69, 9.17) is 9.84 Å². The van der Waals surface area contributed by atoms with Crippen molar-refractivity contribution in [1.82, 2.24) is 5.32 Å². The second kappa shape index (κ2) is 5.49. The van der Waals surface area contributed by atoms with Gasteiger partial charge in [0.15, 0.2) is 0 Å². The summed E-state index contributed by atoms with van der Waals surface area (Å²) >= 11 is 0. The molecule has 2 fully saturated rings. The Morgan fingerprint density at radius 3 is 2.59 bits per heavy atom. The maximum Gasteiger partial charge on any atom is 0.308 e. The summed E-state index contributed by atoms with van der Waals surface area (Å²) in [5.74, 6) is -1.37. The molecule has 1 aliphatic heterocycles. The second-order valence-electron chi connectivity index (χ2n) is 4.85. The Balaban J connectivity index is 1.86. The molecule has 3 atom stereocenters. The smallest absolute Gasteiger partial charge is 0.308 e. The van der Waals surface area contributed by atoms with E-state index in [1.54, 1.807) is 0 Å². The van der Waals surface area contributed by atoms with Crippen molar-refractivity contribution in [3.63, 3.8) is 0 Å². The maximum absolute atomic E-state index is 11.9. The van der Waals surface area contributed by atoms with Gasteiger partial charge in [0.25, 0.3) is 0 Å². The third kappa shape index (κ3) is 2.97. The molecule has 17 heavy (non-hydrogen) atoms. The van der Waals surface area contributed by atoms with Crippen molar-refractivity contribution in [3.05, 3.63) is 0 Å². The topological polar surface area (TPSA) is 75.6 Å². The number of rotatable bonds is 3. The molecule has 0 aromatic heterocycles. The van der Waals surface area contributed by atoms with Crippen LogP contribution in [0.15, 0.2) is 0 Å². The van der Waals surface area contributed by atoms with Crippen LogP contribution in [0.4, 0.5) is 0 Å². The molecule has 0 aromatic carbocycles. The lowest BCUT2D eigenvalue weighted by Crippen LogP contribution is -2.46. The minimum Gasteiger partial charge on any atom is -0.481 e. The van der Waals surface area contributed by atoms with E-state index in [1.807, 2.05) is 0 Å². The Bertz CT molecular complexity index is 299. The number of amides is 1. The van der Waals surface area contributed by atoms with Gasteiger partial charge in [-0.2, -0.15) is 0 Å². The number of hydrogen-bond acceptors (Lipinski definition) is 3. The maximum atomic E-state index is 11.9. The van der Waals surface area contributed by atoms with Gasteiger partial charge in [-0.1, -0.05) is 6.42 Å². The van der Waals surface area contributed by atoms with Crippen LogP contribution in [0.3, 0.4) is 0 Å². The largest absolute Gasteiger partial charge is 0.481 e. The monoisotopic (exact) mass is 241 g/mol. The summed E-state index contributed by atoms with van der Waals surface area (Å²) in [5.41, 5.74) is 0. The number of carbonyl (C=O) groups is 2. The summed E-state index contributed by atoms with van der Waals surface area (Å²) < 4.78 is 5.39. The van der Waals surface area contributed by atoms with Crippen LogP contribution in [-0.2, 0) is 14.3 Å². The zero-order valence-electron chi connectivity index (χ0n) is 9.85. The van der Waals surface area contributed by atoms with Gasteiger partial charge in [-0.15, -0.1) is 0 Å². The molecule has 2 N–H and O–H groups in total. The summed E-state index contributed by atoms with van der Waals surface area (Å²) in [6.07, 6.45) is 4.67. The summed E-state index contributed by atoms with van der Waals surface area (Å²) in [7, 11) is 0. The summed E-state index contributed by atoms with van der Waals surface area (Å²) in [6.45, 7) is 0.630. The van der Waals surface area contributed by atoms with Gasteiger partial charge in [0.05, 0.1) is 5.92 Å². The predicted octanol–water partition coefficient (Wildman–Crippen LogP) is 0.925. The highest BCUT2D eigenvalue weighted by Crippen LogP contribution is 2.26. The minimum absolute atomic E-state index is 0.136. The van der Waals surface area contributed by atoms with Crippen molar-refractivity contribution in [2.75, 3.05) is 6.61 Å². The van der Waals surface area contributed by atoms with Crippen LogP contribution in [0.1, 0.15) is 38.5 Å². The van der Waals surface area contributed by atoms with Gasteiger partial charge in [0.1, 0.15) is 6.10 Å². The van der Waals surface area contributed by atoms with Crippen LogP contribution in [-0.4, -0.2) is 35.7 Å². The first-order chi connectivity index (χ1) is 8.18. The normalized spacial score (nSPS) is 33.3. The number of hydrogen-bond donors (Lipinski definition) is 2. The lowest BCUT2D eigenvalue weighted by molar-refractivity contribution is -0.143. The van der Waals surface area contributed by atoms with E-state index in [1.165, 1.54) is 0 Å². The van der Waals surface area contributed by atoms with Crippen molar-refractivity contribution in [3.8, 4) is 0 Å². The first-order valence-corrected chi connectivity index (χ1v) is 6.33. The quantitative estimate of drug-likeness (QED) is 0.770. The lowest BCUT2D eigenvalue weighted by atomic mass is 10.0. The highest BCUT2D eigenvalue weighted by atomic mass is 16.5. The van der Waals surface area contributed by atoms with Crippen molar-refractivity contribution < 1.29 is 19.4 Å². The zero-order chi connectivity index (χ0) is 12.3. The van der Waals surface area contributed by atoms with Crippen LogP contribution < -0.4 is 5.32 Å². The summed E-state index contributed by atoms with van der Waals surface area (Å²) in [6, 6.07) is -0.217. The average molecular weight is 241 g/mol. The fraction of sp³-hybridized carbons (Fsp3) is 0.833. The SMILES string of the molecule is O=C(NC1CCCC1C(=O)O)C1CCCCO1. The lowest BCUT2D eigenvalue weighted by Gasteiger charge is -2.25. The number of ether oxygens (including phenoxy) is 1. The third-order valence-corrected chi connectivity index (χ3v) is 3.63. The van der Waals surface area contributed by atoms with E-state index in [0.29, 0.717) is 13.0 Å². The molecule has 0 spiro atoms. The van der Waals surface area contributed by atoms with E-state index in [-0.39, 0.29) is 18.1 Å². The molecule has 2 rings (SSSR count). The minimum atomic E-state index is -0.808. The molecule has 5 nitrogen and oxygen atoms in total. The van der Waals surface area contributed by atoms with Gasteiger partial charge < -0.3 is 15.2 Å². The third-order valence-electron chi connectivity index (χ3n) is 3.63. The van der Waals surface area contributed by atoms with Gasteiger partial charge in [-0.3, -0.25) is 9.59 Å². The Labute approximate surface area is 101 Å². The standard InChI is InChI=1S/C12H19NO4/c14-11(10-6-1-2-7-17-10)13-9-5-3-4-8(9)12(15)16/h8-10H,1-7H2,(H,13,14)(H,15,16). The highest BCUT2D eigenvalue weighted by Gasteiger charge is 2.35. The number of carboxylic acids is 1. The molecule has 1 saturated carbocycles. The molecule has 1 saturated heterocycles. The van der Waals surface area contributed by atoms with Gasteiger partial charge in [0.2, 0.25) is 5.91 Å². The Morgan fingerprint density at radius 1 is 1.12 bits per heavy atom. The van der Waals surface area contributed by atoms with Crippen LogP contribution in [0.25, 0.3) is 0 Å². The zero-order valence-corrected chi connectivity index (χ0v) is 9.85. The molecular formula is C12H19NO4. The van der Waals surface area contributed by atoms with E-state index in [9.17, 15) is 9.59 Å². The van der Waals surface area contributed by atoms with Crippen molar-refractivity contribution in [1.29, 1.82) is 0 Å². The van der Waals surface area contributed by atoms with Crippen molar-refractivity contribution in [2.24, 2.45) is 5.92 Å². The van der Waals surface area contributed by atoms with Gasteiger partial charge in [-0.25, -0.2) is 0 Å². The second-order valence-corrected chi connectivity index (χ2v) is 4.85. The van der Waals surface area contributed by atoms with Gasteiger partial charge in [-0.05, 0) is 32.1 Å². The predicted molar refractivity (Wildman–Crippen MR) is 60.5 cm³/mol. The van der Waals surface area contributed by atoms with E-state index >= 15 is 0 Å². The first kappa shape index (κ1) is 12.4. The van der Waals surface area contributed by atoms with Crippen LogP contribution in [0, 0.1) is 5.92 Å². The molecule has 0 bridgehead atoms. The van der Waals surface area contributed by atoms with E-state index in [2.05, 4.69) is 5.32 Å². The van der Waals surface area contributed by atoms with Gasteiger partial charge >= 0.3 is 5.97 Å². The molecule has 3 unspecified atom stereocenters. The molecule has 1 aliphatic carbocycles. The van der Waals surface area contributed by atoms with E-state index < -0.39 is 11.9 Å². The Kier molecular flexibility index (Phi) is 3.99. The van der Waals surface area contributed by atoms with E-state index in [0.717, 1.165) is 32.1 Å². The van der Waals surface area contributed by atoms with Crippen LogP contribution in [0.5, 0.6) is 0 Å².